The molecule has 0 saturated carbocycles. The highest BCUT2D eigenvalue weighted by Crippen LogP contribution is 2.33. The number of nitrogens with one attached hydrogen (secondary N) is 2. The molecule has 2 heterocycles. The van der Waals surface area contributed by atoms with Crippen LogP contribution in [0.4, 0.5) is 0 Å². The molecule has 6 nitrogen and oxygen atoms in total. The van der Waals surface area contributed by atoms with E-state index in [1.54, 1.807) is 0 Å². The summed E-state index contributed by atoms with van der Waals surface area (Å²) < 4.78 is 0.436. The molecular weight excluding hydrogens is 334 g/mol. The first-order valence-electron chi connectivity index (χ1n) is 6.66. The van der Waals surface area contributed by atoms with Crippen molar-refractivity contribution in [3.63, 3.8) is 0 Å². The van der Waals surface area contributed by atoms with Crippen molar-refractivity contribution in [3.8, 4) is 0 Å². The Kier molecular flexibility index (Phi) is 4.26. The number of hydrogen-bond acceptors (Lipinski definition) is 5. The maximum absolute atomic E-state index is 12.5. The minimum Gasteiger partial charge on any atom is -0.314 e. The van der Waals surface area contributed by atoms with E-state index in [-0.39, 0.29) is 11.5 Å². The number of aromatic amines is 2. The number of thiocarbonyl (C=S) groups is 1. The van der Waals surface area contributed by atoms with E-state index in [1.165, 1.54) is 17.2 Å². The van der Waals surface area contributed by atoms with Gasteiger partial charge in [-0.15, -0.1) is 0 Å². The molecule has 0 aliphatic carbocycles. The van der Waals surface area contributed by atoms with Crippen molar-refractivity contribution in [2.24, 2.45) is 0 Å². The quantitative estimate of drug-likeness (QED) is 0.650. The molecule has 0 unspecified atom stereocenters. The number of carbonyl (C=O) groups excluding carboxylic acids is 1. The van der Waals surface area contributed by atoms with Gasteiger partial charge in [0.1, 0.15) is 4.32 Å². The predicted molar refractivity (Wildman–Crippen MR) is 92.8 cm³/mol. The van der Waals surface area contributed by atoms with E-state index in [9.17, 15) is 14.4 Å². The van der Waals surface area contributed by atoms with Crippen LogP contribution in [0.25, 0.3) is 6.08 Å². The van der Waals surface area contributed by atoms with Gasteiger partial charge in [-0.3, -0.25) is 19.5 Å². The number of hydrogen-bond donors (Lipinski definition) is 2. The molecule has 1 aromatic heterocycles. The van der Waals surface area contributed by atoms with E-state index in [0.717, 1.165) is 17.3 Å². The Morgan fingerprint density at radius 1 is 1.17 bits per heavy atom. The fraction of sp³-hybridized carbons (Fsp3) is 0.0667. The molecule has 116 valence electrons. The van der Waals surface area contributed by atoms with Gasteiger partial charge in [0.2, 0.25) is 0 Å². The van der Waals surface area contributed by atoms with Gasteiger partial charge in [-0.1, -0.05) is 54.3 Å². The van der Waals surface area contributed by atoms with Crippen molar-refractivity contribution < 1.29 is 4.79 Å². The topological polar surface area (TPSA) is 86.0 Å². The minimum absolute atomic E-state index is 0.199. The molecule has 2 N–H and O–H groups in total. The number of benzene rings is 1. The Morgan fingerprint density at radius 2 is 1.91 bits per heavy atom. The van der Waals surface area contributed by atoms with E-state index >= 15 is 0 Å². The highest BCUT2D eigenvalue weighted by Gasteiger charge is 2.32. The van der Waals surface area contributed by atoms with E-state index in [2.05, 4.69) is 9.97 Å². The molecule has 0 spiro atoms. The van der Waals surface area contributed by atoms with Gasteiger partial charge in [-0.05, 0) is 11.6 Å². The lowest BCUT2D eigenvalue weighted by Gasteiger charge is -2.14. The van der Waals surface area contributed by atoms with Crippen LogP contribution in [0, 0.1) is 0 Å². The van der Waals surface area contributed by atoms with Crippen molar-refractivity contribution in [1.29, 1.82) is 0 Å². The van der Waals surface area contributed by atoms with Crippen molar-refractivity contribution in [2.45, 2.75) is 6.54 Å². The number of thioether (sulfide) groups is 1. The number of nitrogens with zero attached hydrogens (tertiary/aromatic N) is 1. The fourth-order valence-electron chi connectivity index (χ4n) is 2.07. The molecule has 2 aromatic rings. The molecule has 1 amide bonds. The van der Waals surface area contributed by atoms with Crippen LogP contribution in [0.15, 0.2) is 51.0 Å². The summed E-state index contributed by atoms with van der Waals surface area (Å²) in [5.41, 5.74) is 0.0163. The van der Waals surface area contributed by atoms with E-state index in [0.29, 0.717) is 15.8 Å². The molecule has 3 rings (SSSR count). The third-order valence-corrected chi connectivity index (χ3v) is 4.57. The maximum atomic E-state index is 12.5. The van der Waals surface area contributed by atoms with Gasteiger partial charge >= 0.3 is 5.69 Å². The standard InChI is InChI=1S/C15H11N3O3S2/c19-12-10(7-16-14(21)17-12)6-11-13(20)18(15(22)23-11)8-9-4-2-1-3-5-9/h1-7H,8H2,(H2,16,17,19,21)/b11-6-. The summed E-state index contributed by atoms with van der Waals surface area (Å²) in [6.07, 6.45) is 2.70. The number of carbonyl (C=O) groups is 1. The van der Waals surface area contributed by atoms with E-state index < -0.39 is 11.2 Å². The molecule has 1 aliphatic heterocycles. The third-order valence-electron chi connectivity index (χ3n) is 3.19. The molecule has 1 aliphatic rings. The summed E-state index contributed by atoms with van der Waals surface area (Å²) in [7, 11) is 0. The van der Waals surface area contributed by atoms with Crippen molar-refractivity contribution in [2.75, 3.05) is 0 Å². The third kappa shape index (κ3) is 3.33. The van der Waals surface area contributed by atoms with Crippen LogP contribution in [-0.4, -0.2) is 25.1 Å². The molecule has 0 atom stereocenters. The van der Waals surface area contributed by atoms with Gasteiger partial charge in [-0.25, -0.2) is 4.79 Å². The molecule has 1 saturated heterocycles. The second-order valence-electron chi connectivity index (χ2n) is 4.78. The Balaban J connectivity index is 1.87. The van der Waals surface area contributed by atoms with E-state index in [1.807, 2.05) is 30.3 Å². The summed E-state index contributed by atoms with van der Waals surface area (Å²) in [5, 5.41) is 0. The molecule has 8 heteroatoms. The Hall–Kier alpha value is -2.45. The number of rotatable bonds is 3. The first-order valence-corrected chi connectivity index (χ1v) is 7.88. The van der Waals surface area contributed by atoms with Crippen LogP contribution in [0.2, 0.25) is 0 Å². The summed E-state index contributed by atoms with van der Waals surface area (Å²) in [5.74, 6) is -0.255. The zero-order valence-electron chi connectivity index (χ0n) is 11.7. The minimum atomic E-state index is -0.594. The van der Waals surface area contributed by atoms with Crippen LogP contribution >= 0.6 is 24.0 Å². The molecule has 1 fully saturated rings. The Bertz CT molecular complexity index is 915. The highest BCUT2D eigenvalue weighted by atomic mass is 32.2. The smallest absolute Gasteiger partial charge is 0.314 e. The lowest BCUT2D eigenvalue weighted by Crippen LogP contribution is -2.27. The second kappa shape index (κ2) is 6.35. The van der Waals surface area contributed by atoms with Gasteiger partial charge < -0.3 is 4.98 Å². The lowest BCUT2D eigenvalue weighted by atomic mass is 10.2. The van der Waals surface area contributed by atoms with Gasteiger partial charge in [0.15, 0.2) is 0 Å². The van der Waals surface area contributed by atoms with Crippen LogP contribution in [-0.2, 0) is 11.3 Å². The lowest BCUT2D eigenvalue weighted by molar-refractivity contribution is -0.122. The summed E-state index contributed by atoms with van der Waals surface area (Å²) >= 11 is 6.38. The molecule has 23 heavy (non-hydrogen) atoms. The second-order valence-corrected chi connectivity index (χ2v) is 6.46. The Morgan fingerprint density at radius 3 is 2.61 bits per heavy atom. The maximum Gasteiger partial charge on any atom is 0.325 e. The molecule has 0 bridgehead atoms. The normalized spacial score (nSPS) is 16.3. The van der Waals surface area contributed by atoms with Crippen LogP contribution < -0.4 is 11.2 Å². The highest BCUT2D eigenvalue weighted by molar-refractivity contribution is 8.26. The zero-order valence-corrected chi connectivity index (χ0v) is 13.4. The monoisotopic (exact) mass is 345 g/mol. The number of aromatic nitrogens is 2. The summed E-state index contributed by atoms with van der Waals surface area (Å²) in [6.45, 7) is 0.380. The average Bonchev–Trinajstić information content (AvgIpc) is 2.79. The molecule has 1 aromatic carbocycles. The first-order chi connectivity index (χ1) is 11.0. The largest absolute Gasteiger partial charge is 0.325 e. The van der Waals surface area contributed by atoms with Gasteiger partial charge in [0.25, 0.3) is 11.5 Å². The van der Waals surface area contributed by atoms with Gasteiger partial charge in [0, 0.05) is 6.20 Å². The number of amides is 1. The molecule has 0 radical (unpaired) electrons. The summed E-state index contributed by atoms with van der Waals surface area (Å²) in [6, 6.07) is 9.51. The van der Waals surface area contributed by atoms with Crippen molar-refractivity contribution in [3.05, 3.63) is 73.4 Å². The fourth-order valence-corrected chi connectivity index (χ4v) is 3.32. The molecular formula is C15H11N3O3S2. The van der Waals surface area contributed by atoms with Crippen LogP contribution in [0.5, 0.6) is 0 Å². The SMILES string of the molecule is O=C1/C(=C/c2c[nH]c(=O)[nH]c2=O)SC(=S)N1Cc1ccccc1. The van der Waals surface area contributed by atoms with Crippen molar-refractivity contribution in [1.82, 2.24) is 14.9 Å². The number of H-pyrrole nitrogens is 2. The van der Waals surface area contributed by atoms with Crippen LogP contribution in [0.3, 0.4) is 0 Å². The zero-order chi connectivity index (χ0) is 16.4. The van der Waals surface area contributed by atoms with E-state index in [4.69, 9.17) is 12.2 Å². The van der Waals surface area contributed by atoms with Gasteiger partial charge in [-0.2, -0.15) is 0 Å². The Labute approximate surface area is 140 Å². The van der Waals surface area contributed by atoms with Gasteiger partial charge in [0.05, 0.1) is 17.0 Å². The predicted octanol–water partition coefficient (Wildman–Crippen LogP) is 1.46. The van der Waals surface area contributed by atoms with Crippen LogP contribution in [0.1, 0.15) is 11.1 Å². The van der Waals surface area contributed by atoms with Crippen molar-refractivity contribution >= 4 is 40.3 Å². The first kappa shape index (κ1) is 15.4. The summed E-state index contributed by atoms with van der Waals surface area (Å²) in [4.78, 5) is 41.5. The average molecular weight is 345 g/mol.